The van der Waals surface area contributed by atoms with Crippen molar-refractivity contribution in [3.05, 3.63) is 89.1 Å². The van der Waals surface area contributed by atoms with Crippen molar-refractivity contribution in [1.82, 2.24) is 4.98 Å². The average Bonchev–Trinajstić information content (AvgIpc) is 2.69. The zero-order chi connectivity index (χ0) is 19.6. The Balaban J connectivity index is 0.00000126. The summed E-state index contributed by atoms with van der Waals surface area (Å²) < 4.78 is 0. The highest BCUT2D eigenvalue weighted by molar-refractivity contribution is 5.80. The highest BCUT2D eigenvalue weighted by atomic mass is 14.7. The Labute approximate surface area is 165 Å². The van der Waals surface area contributed by atoms with Gasteiger partial charge >= 0.3 is 0 Å². The van der Waals surface area contributed by atoms with Crippen molar-refractivity contribution in [2.45, 2.75) is 59.8 Å². The molecule has 2 aromatic carbocycles. The first kappa shape index (κ1) is 20.9. The first-order chi connectivity index (χ1) is 13.2. The molecule has 0 fully saturated rings. The predicted molar refractivity (Wildman–Crippen MR) is 119 cm³/mol. The monoisotopic (exact) mass is 359 g/mol. The second kappa shape index (κ2) is 10.7. The van der Waals surface area contributed by atoms with Gasteiger partial charge in [-0.25, -0.2) is 0 Å². The second-order valence-corrected chi connectivity index (χ2v) is 6.92. The fraction of sp³-hybridized carbons (Fsp3) is 0.346. The summed E-state index contributed by atoms with van der Waals surface area (Å²) in [7, 11) is 0. The first-order valence-electron chi connectivity index (χ1n) is 10.3. The number of pyridine rings is 1. The van der Waals surface area contributed by atoms with E-state index >= 15 is 0 Å². The Kier molecular flexibility index (Phi) is 8.26. The van der Waals surface area contributed by atoms with Gasteiger partial charge in [0.25, 0.3) is 0 Å². The van der Waals surface area contributed by atoms with Crippen LogP contribution in [0.15, 0.2) is 66.7 Å². The van der Waals surface area contributed by atoms with Crippen molar-refractivity contribution in [2.24, 2.45) is 0 Å². The molecule has 142 valence electrons. The molecule has 0 amide bonds. The molecule has 0 bridgehead atoms. The molecule has 0 aliphatic rings. The topological polar surface area (TPSA) is 12.9 Å². The van der Waals surface area contributed by atoms with Gasteiger partial charge in [0.1, 0.15) is 0 Å². The third-order valence-electron chi connectivity index (χ3n) is 4.76. The molecule has 1 nitrogen and oxygen atoms in total. The minimum absolute atomic E-state index is 0.941. The Hall–Kier alpha value is -2.41. The average molecular weight is 360 g/mol. The standard InChI is InChI=1S/C24H27N.C2H6/c1-4-8-18(2)15-22-17-23-16-21(13-14-24(23)25-19(22)3)12-11-20-9-6-5-7-10-20;1-2/h5-7,9-10,13-14,16-17H,2,4,8,11-12,15H2,1,3H3;1-2H3. The van der Waals surface area contributed by atoms with Crippen LogP contribution < -0.4 is 0 Å². The van der Waals surface area contributed by atoms with Crippen LogP contribution in [0.3, 0.4) is 0 Å². The van der Waals surface area contributed by atoms with Crippen LogP contribution >= 0.6 is 0 Å². The molecule has 0 radical (unpaired) electrons. The molecule has 0 aliphatic carbocycles. The molecule has 3 aromatic rings. The van der Waals surface area contributed by atoms with E-state index in [9.17, 15) is 0 Å². The van der Waals surface area contributed by atoms with E-state index in [1.54, 1.807) is 0 Å². The van der Waals surface area contributed by atoms with E-state index in [2.05, 4.69) is 75.0 Å². The van der Waals surface area contributed by atoms with Crippen LogP contribution in [-0.4, -0.2) is 4.98 Å². The number of fused-ring (bicyclic) bond motifs is 1. The Bertz CT molecular complexity index is 862. The lowest BCUT2D eigenvalue weighted by Gasteiger charge is -2.10. The fourth-order valence-corrected chi connectivity index (χ4v) is 3.35. The number of nitrogens with zero attached hydrogens (tertiary/aromatic N) is 1. The number of hydrogen-bond acceptors (Lipinski definition) is 1. The van der Waals surface area contributed by atoms with Crippen molar-refractivity contribution < 1.29 is 0 Å². The van der Waals surface area contributed by atoms with Crippen molar-refractivity contribution >= 4 is 10.9 Å². The number of rotatable bonds is 7. The van der Waals surface area contributed by atoms with E-state index in [1.807, 2.05) is 13.8 Å². The molecular formula is C26H33N. The third kappa shape index (κ3) is 6.06. The zero-order valence-corrected chi connectivity index (χ0v) is 17.4. The van der Waals surface area contributed by atoms with Gasteiger partial charge in [-0.3, -0.25) is 4.98 Å². The minimum atomic E-state index is 0.941. The Morgan fingerprint density at radius 3 is 2.33 bits per heavy atom. The lowest BCUT2D eigenvalue weighted by Crippen LogP contribution is -1.97. The Morgan fingerprint density at radius 2 is 1.63 bits per heavy atom. The largest absolute Gasteiger partial charge is 0.253 e. The third-order valence-corrected chi connectivity index (χ3v) is 4.76. The van der Waals surface area contributed by atoms with E-state index in [0.29, 0.717) is 0 Å². The quantitative estimate of drug-likeness (QED) is 0.405. The molecule has 0 aliphatic heterocycles. The molecule has 0 spiro atoms. The van der Waals surface area contributed by atoms with Gasteiger partial charge in [-0.05, 0) is 67.5 Å². The Morgan fingerprint density at radius 1 is 0.926 bits per heavy atom. The lowest BCUT2D eigenvalue weighted by molar-refractivity contribution is 0.870. The smallest absolute Gasteiger partial charge is 0.0705 e. The van der Waals surface area contributed by atoms with Crippen LogP contribution in [0.1, 0.15) is 56.0 Å². The number of aryl methyl sites for hydroxylation is 3. The van der Waals surface area contributed by atoms with Crippen molar-refractivity contribution in [2.75, 3.05) is 0 Å². The van der Waals surface area contributed by atoms with E-state index < -0.39 is 0 Å². The maximum Gasteiger partial charge on any atom is 0.0705 e. The molecule has 0 N–H and O–H groups in total. The molecule has 27 heavy (non-hydrogen) atoms. The lowest BCUT2D eigenvalue weighted by atomic mass is 9.98. The highest BCUT2D eigenvalue weighted by Gasteiger charge is 2.06. The molecule has 0 saturated heterocycles. The summed E-state index contributed by atoms with van der Waals surface area (Å²) in [5.74, 6) is 0. The maximum absolute atomic E-state index is 4.81. The van der Waals surface area contributed by atoms with Gasteiger partial charge in [0.2, 0.25) is 0 Å². The molecule has 0 unspecified atom stereocenters. The molecule has 3 rings (SSSR count). The summed E-state index contributed by atoms with van der Waals surface area (Å²) in [5.41, 5.74) is 7.59. The normalized spacial score (nSPS) is 10.4. The van der Waals surface area contributed by atoms with Crippen LogP contribution in [-0.2, 0) is 19.3 Å². The van der Waals surface area contributed by atoms with E-state index in [0.717, 1.165) is 43.3 Å². The minimum Gasteiger partial charge on any atom is -0.253 e. The zero-order valence-electron chi connectivity index (χ0n) is 17.4. The van der Waals surface area contributed by atoms with Crippen molar-refractivity contribution in [3.63, 3.8) is 0 Å². The van der Waals surface area contributed by atoms with Crippen molar-refractivity contribution in [1.29, 1.82) is 0 Å². The molecular weight excluding hydrogens is 326 g/mol. The van der Waals surface area contributed by atoms with Crippen molar-refractivity contribution in [3.8, 4) is 0 Å². The summed E-state index contributed by atoms with van der Waals surface area (Å²) >= 11 is 0. The number of hydrogen-bond donors (Lipinski definition) is 0. The van der Waals surface area contributed by atoms with Crippen LogP contribution in [0.5, 0.6) is 0 Å². The van der Waals surface area contributed by atoms with Gasteiger partial charge in [-0.1, -0.05) is 75.7 Å². The summed E-state index contributed by atoms with van der Waals surface area (Å²) in [6.45, 7) is 12.5. The predicted octanol–water partition coefficient (Wildman–Crippen LogP) is 7.25. The van der Waals surface area contributed by atoms with Gasteiger partial charge in [-0.2, -0.15) is 0 Å². The number of allylic oxidation sites excluding steroid dienone is 1. The number of aromatic nitrogens is 1. The van der Waals surface area contributed by atoms with Crippen LogP contribution in [0.4, 0.5) is 0 Å². The molecule has 1 heterocycles. The SMILES string of the molecule is C=C(CCC)Cc1cc2cc(CCc3ccccc3)ccc2nc1C.CC. The van der Waals surface area contributed by atoms with Gasteiger partial charge in [0, 0.05) is 11.1 Å². The highest BCUT2D eigenvalue weighted by Crippen LogP contribution is 2.22. The first-order valence-corrected chi connectivity index (χ1v) is 10.3. The van der Waals surface area contributed by atoms with Crippen LogP contribution in [0, 0.1) is 6.92 Å². The molecule has 1 heteroatoms. The van der Waals surface area contributed by atoms with E-state index in [1.165, 1.54) is 27.6 Å². The van der Waals surface area contributed by atoms with Gasteiger partial charge in [0.05, 0.1) is 5.52 Å². The van der Waals surface area contributed by atoms with Crippen LogP contribution in [0.25, 0.3) is 10.9 Å². The summed E-state index contributed by atoms with van der Waals surface area (Å²) in [4.78, 5) is 4.81. The molecule has 1 aromatic heterocycles. The summed E-state index contributed by atoms with van der Waals surface area (Å²) in [6, 6.07) is 19.7. The van der Waals surface area contributed by atoms with Crippen LogP contribution in [0.2, 0.25) is 0 Å². The summed E-state index contributed by atoms with van der Waals surface area (Å²) in [5, 5.41) is 1.25. The van der Waals surface area contributed by atoms with Gasteiger partial charge in [-0.15, -0.1) is 0 Å². The van der Waals surface area contributed by atoms with Gasteiger partial charge < -0.3 is 0 Å². The van der Waals surface area contributed by atoms with E-state index in [-0.39, 0.29) is 0 Å². The van der Waals surface area contributed by atoms with E-state index in [4.69, 9.17) is 4.98 Å². The fourth-order valence-electron chi connectivity index (χ4n) is 3.35. The summed E-state index contributed by atoms with van der Waals surface area (Å²) in [6.07, 6.45) is 5.32. The maximum atomic E-state index is 4.81. The second-order valence-electron chi connectivity index (χ2n) is 6.92. The number of benzene rings is 2. The molecule has 0 atom stereocenters. The molecule has 0 saturated carbocycles. The van der Waals surface area contributed by atoms with Gasteiger partial charge in [0.15, 0.2) is 0 Å².